The summed E-state index contributed by atoms with van der Waals surface area (Å²) >= 11 is 0. The molecule has 0 unspecified atom stereocenters. The van der Waals surface area contributed by atoms with Gasteiger partial charge in [0.2, 0.25) is 0 Å². The van der Waals surface area contributed by atoms with Gasteiger partial charge in [0.1, 0.15) is 0 Å². The van der Waals surface area contributed by atoms with Crippen LogP contribution in [0.3, 0.4) is 0 Å². The predicted molar refractivity (Wildman–Crippen MR) is 85.8 cm³/mol. The van der Waals surface area contributed by atoms with Crippen LogP contribution in [0.4, 0.5) is 0 Å². The van der Waals surface area contributed by atoms with Crippen LogP contribution in [0.1, 0.15) is 33.6 Å². The summed E-state index contributed by atoms with van der Waals surface area (Å²) < 4.78 is 0. The molecule has 121 valence electrons. The third kappa shape index (κ3) is 6.16. The van der Waals surface area contributed by atoms with Gasteiger partial charge in [0.15, 0.2) is 0 Å². The Balaban J connectivity index is 0.00000220. The van der Waals surface area contributed by atoms with Crippen molar-refractivity contribution in [3.8, 4) is 0 Å². The molecule has 2 aliphatic rings. The number of rotatable bonds is 5. The summed E-state index contributed by atoms with van der Waals surface area (Å²) in [7, 11) is 2.21. The molecular formula is C16H34N4Y. The van der Waals surface area contributed by atoms with Crippen LogP contribution in [-0.4, -0.2) is 85.3 Å². The van der Waals surface area contributed by atoms with Crippen LogP contribution in [0.5, 0.6) is 0 Å². The summed E-state index contributed by atoms with van der Waals surface area (Å²) in [6.07, 6.45) is 2.79. The molecule has 0 aromatic rings. The standard InChI is InChI=1S/C16H34N4.Y/c1-5-17(4)20-12-10-18(11-13-20)14-16-6-8-19(9-7-16)15(2)3;/h15-16H,5-14H2,1-4H3;. The van der Waals surface area contributed by atoms with Crippen molar-refractivity contribution < 1.29 is 32.7 Å². The zero-order valence-corrected chi connectivity index (χ0v) is 17.4. The van der Waals surface area contributed by atoms with Gasteiger partial charge < -0.3 is 9.80 Å². The molecule has 2 aliphatic heterocycles. The van der Waals surface area contributed by atoms with Crippen LogP contribution in [0.2, 0.25) is 0 Å². The molecule has 0 aromatic heterocycles. The van der Waals surface area contributed by atoms with Gasteiger partial charge >= 0.3 is 0 Å². The Morgan fingerprint density at radius 1 is 1.00 bits per heavy atom. The van der Waals surface area contributed by atoms with Gasteiger partial charge in [-0.1, -0.05) is 6.92 Å². The molecule has 0 aliphatic carbocycles. The molecule has 0 atom stereocenters. The van der Waals surface area contributed by atoms with Gasteiger partial charge in [0.05, 0.1) is 0 Å². The molecule has 0 amide bonds. The predicted octanol–water partition coefficient (Wildman–Crippen LogP) is 1.59. The zero-order chi connectivity index (χ0) is 14.5. The van der Waals surface area contributed by atoms with Crippen LogP contribution in [0.15, 0.2) is 0 Å². The number of hydrazine groups is 1. The van der Waals surface area contributed by atoms with Gasteiger partial charge in [0.25, 0.3) is 0 Å². The Morgan fingerprint density at radius 2 is 1.57 bits per heavy atom. The number of hydrogen-bond donors (Lipinski definition) is 0. The van der Waals surface area contributed by atoms with E-state index < -0.39 is 0 Å². The summed E-state index contributed by atoms with van der Waals surface area (Å²) in [5.74, 6) is 0.931. The zero-order valence-electron chi connectivity index (χ0n) is 14.6. The van der Waals surface area contributed by atoms with Crippen LogP contribution in [0.25, 0.3) is 0 Å². The van der Waals surface area contributed by atoms with Crippen LogP contribution >= 0.6 is 0 Å². The second-order valence-corrected chi connectivity index (χ2v) is 6.80. The fourth-order valence-corrected chi connectivity index (χ4v) is 3.48. The maximum atomic E-state index is 2.69. The first-order chi connectivity index (χ1) is 9.60. The van der Waals surface area contributed by atoms with Gasteiger partial charge in [0, 0.05) is 85.1 Å². The SMILES string of the molecule is CCN(C)N1CCN(CC2CCN(C(C)C)CC2)CC1.[Y]. The third-order valence-electron chi connectivity index (χ3n) is 5.18. The molecule has 2 fully saturated rings. The molecular weight excluding hydrogens is 337 g/mol. The average molecular weight is 371 g/mol. The minimum Gasteiger partial charge on any atom is -0.301 e. The number of hydrogen-bond acceptors (Lipinski definition) is 4. The largest absolute Gasteiger partial charge is 0.301 e. The molecule has 5 heteroatoms. The number of piperidine rings is 1. The number of piperazine rings is 1. The minimum absolute atomic E-state index is 0. The molecule has 0 bridgehead atoms. The summed E-state index contributed by atoms with van der Waals surface area (Å²) in [6.45, 7) is 16.8. The quantitative estimate of drug-likeness (QED) is 0.728. The topological polar surface area (TPSA) is 13.0 Å². The van der Waals surface area contributed by atoms with E-state index in [4.69, 9.17) is 0 Å². The third-order valence-corrected chi connectivity index (χ3v) is 5.18. The Hall–Kier alpha value is 0.944. The van der Waals surface area contributed by atoms with Crippen LogP contribution < -0.4 is 0 Å². The summed E-state index contributed by atoms with van der Waals surface area (Å²) in [5.41, 5.74) is 0. The minimum atomic E-state index is 0. The van der Waals surface area contributed by atoms with E-state index in [9.17, 15) is 0 Å². The Morgan fingerprint density at radius 3 is 2.05 bits per heavy atom. The van der Waals surface area contributed by atoms with E-state index in [1.165, 1.54) is 58.7 Å². The Labute approximate surface area is 157 Å². The fraction of sp³-hybridized carbons (Fsp3) is 1.00. The van der Waals surface area contributed by atoms with Crippen molar-refractivity contribution in [2.24, 2.45) is 5.92 Å². The molecule has 2 saturated heterocycles. The van der Waals surface area contributed by atoms with Gasteiger partial charge in [-0.3, -0.25) is 0 Å². The summed E-state index contributed by atoms with van der Waals surface area (Å²) in [4.78, 5) is 5.32. The van der Waals surface area contributed by atoms with Crippen molar-refractivity contribution in [1.29, 1.82) is 0 Å². The first-order valence-corrected chi connectivity index (χ1v) is 8.52. The molecule has 1 radical (unpaired) electrons. The molecule has 0 saturated carbocycles. The summed E-state index contributed by atoms with van der Waals surface area (Å²) in [6, 6.07) is 0.726. The van der Waals surface area contributed by atoms with E-state index in [1.807, 2.05) is 0 Å². The van der Waals surface area contributed by atoms with Crippen molar-refractivity contribution in [2.75, 3.05) is 59.4 Å². The van der Waals surface area contributed by atoms with Crippen molar-refractivity contribution in [3.63, 3.8) is 0 Å². The normalized spacial score (nSPS) is 23.7. The maximum Gasteiger partial charge on any atom is 0.0261 e. The van der Waals surface area contributed by atoms with E-state index >= 15 is 0 Å². The first kappa shape index (κ1) is 20.0. The van der Waals surface area contributed by atoms with Crippen molar-refractivity contribution >= 4 is 0 Å². The van der Waals surface area contributed by atoms with Crippen molar-refractivity contribution in [3.05, 3.63) is 0 Å². The second kappa shape index (κ2) is 9.94. The van der Waals surface area contributed by atoms with Gasteiger partial charge in [-0.05, 0) is 45.7 Å². The molecule has 21 heavy (non-hydrogen) atoms. The van der Waals surface area contributed by atoms with E-state index in [2.05, 4.69) is 47.6 Å². The van der Waals surface area contributed by atoms with E-state index in [0.29, 0.717) is 0 Å². The van der Waals surface area contributed by atoms with E-state index in [1.54, 1.807) is 0 Å². The molecule has 0 aromatic carbocycles. The molecule has 0 N–H and O–H groups in total. The smallest absolute Gasteiger partial charge is 0.0261 e. The van der Waals surface area contributed by atoms with Crippen molar-refractivity contribution in [1.82, 2.24) is 19.8 Å². The van der Waals surface area contributed by atoms with Crippen molar-refractivity contribution in [2.45, 2.75) is 39.7 Å². The van der Waals surface area contributed by atoms with E-state index in [0.717, 1.165) is 18.5 Å². The first-order valence-electron chi connectivity index (χ1n) is 8.52. The van der Waals surface area contributed by atoms with Crippen LogP contribution in [-0.2, 0) is 32.7 Å². The maximum absolute atomic E-state index is 2.69. The van der Waals surface area contributed by atoms with Crippen LogP contribution in [0, 0.1) is 5.92 Å². The fourth-order valence-electron chi connectivity index (χ4n) is 3.48. The Kier molecular flexibility index (Phi) is 9.47. The summed E-state index contributed by atoms with van der Waals surface area (Å²) in [5, 5.41) is 4.86. The van der Waals surface area contributed by atoms with Gasteiger partial charge in [-0.25, -0.2) is 10.0 Å². The monoisotopic (exact) mass is 371 g/mol. The average Bonchev–Trinajstić information content (AvgIpc) is 2.48. The molecule has 2 heterocycles. The molecule has 4 nitrogen and oxygen atoms in total. The van der Waals surface area contributed by atoms with E-state index in [-0.39, 0.29) is 32.7 Å². The second-order valence-electron chi connectivity index (χ2n) is 6.80. The molecule has 2 rings (SSSR count). The Bertz CT molecular complexity index is 271. The van der Waals surface area contributed by atoms with Gasteiger partial charge in [-0.15, -0.1) is 0 Å². The number of nitrogens with zero attached hydrogens (tertiary/aromatic N) is 4. The van der Waals surface area contributed by atoms with Gasteiger partial charge in [-0.2, -0.15) is 0 Å². The number of likely N-dealkylation sites (tertiary alicyclic amines) is 1. The molecule has 0 spiro atoms.